The Labute approximate surface area is 365 Å². The third kappa shape index (κ3) is 5.80. The van der Waals surface area contributed by atoms with Crippen molar-refractivity contribution in [3.63, 3.8) is 0 Å². The Balaban J connectivity index is 0.939. The Hall–Kier alpha value is -8.19. The molecule has 4 aromatic heterocycles. The zero-order valence-electron chi connectivity index (χ0n) is 33.7. The van der Waals surface area contributed by atoms with Crippen molar-refractivity contribution < 1.29 is 4.42 Å². The molecule has 0 aliphatic carbocycles. The highest BCUT2D eigenvalue weighted by Gasteiger charge is 2.19. The third-order valence-corrected chi connectivity index (χ3v) is 13.5. The summed E-state index contributed by atoms with van der Waals surface area (Å²) in [5.74, 6) is 1.80. The quantitative estimate of drug-likeness (QED) is 0.168. The van der Waals surface area contributed by atoms with Crippen molar-refractivity contribution in [1.29, 1.82) is 0 Å². The van der Waals surface area contributed by atoms with E-state index in [1.54, 1.807) is 0 Å². The number of benzene rings is 9. The lowest BCUT2D eigenvalue weighted by Gasteiger charge is -2.14. The lowest BCUT2D eigenvalue weighted by atomic mass is 9.96. The van der Waals surface area contributed by atoms with E-state index >= 15 is 0 Å². The van der Waals surface area contributed by atoms with Gasteiger partial charge in [-0.05, 0) is 77.4 Å². The van der Waals surface area contributed by atoms with Crippen molar-refractivity contribution in [2.24, 2.45) is 0 Å². The van der Waals surface area contributed by atoms with Crippen LogP contribution in [0.4, 0.5) is 0 Å². The van der Waals surface area contributed by atoms with Gasteiger partial charge in [0.2, 0.25) is 0 Å². The molecule has 6 heteroatoms. The van der Waals surface area contributed by atoms with Crippen molar-refractivity contribution in [3.8, 4) is 62.1 Å². The van der Waals surface area contributed by atoms with Gasteiger partial charge in [0.25, 0.3) is 0 Å². The second-order valence-corrected chi connectivity index (χ2v) is 17.0. The molecule has 0 radical (unpaired) electrons. The number of rotatable bonds is 6. The van der Waals surface area contributed by atoms with Crippen LogP contribution in [-0.4, -0.2) is 19.5 Å². The van der Waals surface area contributed by atoms with Crippen LogP contribution in [0.1, 0.15) is 0 Å². The molecule has 13 rings (SSSR count). The Morgan fingerprint density at radius 1 is 0.365 bits per heavy atom. The number of furan rings is 1. The van der Waals surface area contributed by atoms with Gasteiger partial charge in [-0.2, -0.15) is 0 Å². The van der Waals surface area contributed by atoms with Crippen molar-refractivity contribution in [1.82, 2.24) is 19.5 Å². The molecule has 0 saturated heterocycles. The van der Waals surface area contributed by atoms with E-state index in [-0.39, 0.29) is 0 Å². The lowest BCUT2D eigenvalue weighted by Crippen LogP contribution is -2.00. The monoisotopic (exact) mass is 822 g/mol. The van der Waals surface area contributed by atoms with Crippen LogP contribution in [0, 0.1) is 0 Å². The smallest absolute Gasteiger partial charge is 0.164 e. The second kappa shape index (κ2) is 14.2. The van der Waals surface area contributed by atoms with E-state index in [9.17, 15) is 0 Å². The summed E-state index contributed by atoms with van der Waals surface area (Å²) in [6, 6.07) is 72.8. The third-order valence-electron chi connectivity index (χ3n) is 12.3. The summed E-state index contributed by atoms with van der Waals surface area (Å²) >= 11 is 1.87. The highest BCUT2D eigenvalue weighted by atomic mass is 32.1. The highest BCUT2D eigenvalue weighted by molar-refractivity contribution is 7.26. The van der Waals surface area contributed by atoms with Crippen LogP contribution in [0.15, 0.2) is 211 Å². The lowest BCUT2D eigenvalue weighted by molar-refractivity contribution is 0.669. The van der Waals surface area contributed by atoms with Gasteiger partial charge in [-0.1, -0.05) is 146 Å². The summed E-state index contributed by atoms with van der Waals surface area (Å²) in [4.78, 5) is 15.2. The Kier molecular flexibility index (Phi) is 8.01. The molecule has 294 valence electrons. The minimum absolute atomic E-state index is 0.586. The van der Waals surface area contributed by atoms with Crippen LogP contribution in [0.3, 0.4) is 0 Å². The zero-order chi connectivity index (χ0) is 41.4. The van der Waals surface area contributed by atoms with E-state index in [2.05, 4.69) is 156 Å². The summed E-state index contributed by atoms with van der Waals surface area (Å²) in [5.41, 5.74) is 12.5. The number of thiophene rings is 1. The minimum atomic E-state index is 0.586. The molecule has 9 aromatic carbocycles. The molecule has 0 aliphatic rings. The fourth-order valence-corrected chi connectivity index (χ4v) is 10.6. The van der Waals surface area contributed by atoms with Gasteiger partial charge in [0.1, 0.15) is 11.2 Å². The van der Waals surface area contributed by atoms with Gasteiger partial charge < -0.3 is 8.98 Å². The van der Waals surface area contributed by atoms with Gasteiger partial charge >= 0.3 is 0 Å². The molecule has 0 spiro atoms. The molecule has 0 fully saturated rings. The molecule has 0 atom stereocenters. The molecule has 13 aromatic rings. The van der Waals surface area contributed by atoms with Gasteiger partial charge in [0.05, 0.1) is 11.0 Å². The maximum atomic E-state index is 6.27. The molecule has 0 unspecified atom stereocenters. The van der Waals surface area contributed by atoms with Crippen LogP contribution in [0.5, 0.6) is 0 Å². The standard InChI is InChI=1S/C57H34N4OS/c1-2-13-35(14-3-1)55-58-56(60-57(59-55)39-29-32-45-44-18-5-8-25-50(44)62-51(45)34-39)36-27-30-40(31-28-36)61-49-24-7-4-17-43(49)47-22-11-20-41(53(47)61)37-15-10-16-38(33-37)42-21-12-23-48-46-19-6-9-26-52(46)63-54(42)48/h1-34H. The fraction of sp³-hybridized carbons (Fsp3) is 0. The van der Waals surface area contributed by atoms with E-state index in [1.165, 1.54) is 58.7 Å². The van der Waals surface area contributed by atoms with Gasteiger partial charge in [0, 0.05) is 69.7 Å². The molecular formula is C57H34N4OS. The van der Waals surface area contributed by atoms with E-state index in [0.29, 0.717) is 17.5 Å². The largest absolute Gasteiger partial charge is 0.456 e. The summed E-state index contributed by atoms with van der Waals surface area (Å²) in [6.07, 6.45) is 0. The molecule has 0 bridgehead atoms. The average Bonchev–Trinajstić information content (AvgIpc) is 4.04. The van der Waals surface area contributed by atoms with E-state index < -0.39 is 0 Å². The molecule has 0 N–H and O–H groups in total. The molecule has 0 aliphatic heterocycles. The number of hydrogen-bond acceptors (Lipinski definition) is 5. The number of hydrogen-bond donors (Lipinski definition) is 0. The minimum Gasteiger partial charge on any atom is -0.456 e. The second-order valence-electron chi connectivity index (χ2n) is 15.9. The van der Waals surface area contributed by atoms with Crippen molar-refractivity contribution in [2.75, 3.05) is 0 Å². The number of para-hydroxylation sites is 3. The highest BCUT2D eigenvalue weighted by Crippen LogP contribution is 2.43. The van der Waals surface area contributed by atoms with E-state index in [0.717, 1.165) is 49.8 Å². The number of nitrogens with zero attached hydrogens (tertiary/aromatic N) is 4. The molecule has 0 amide bonds. The molecular weight excluding hydrogens is 789 g/mol. The first-order chi connectivity index (χ1) is 31.2. The average molecular weight is 823 g/mol. The molecule has 63 heavy (non-hydrogen) atoms. The van der Waals surface area contributed by atoms with Crippen LogP contribution < -0.4 is 0 Å². The van der Waals surface area contributed by atoms with Crippen LogP contribution in [-0.2, 0) is 0 Å². The first-order valence-electron chi connectivity index (χ1n) is 21.1. The molecule has 0 saturated carbocycles. The van der Waals surface area contributed by atoms with Gasteiger partial charge in [0.15, 0.2) is 17.5 Å². The maximum Gasteiger partial charge on any atom is 0.164 e. The number of aromatic nitrogens is 4. The van der Waals surface area contributed by atoms with Gasteiger partial charge in [-0.15, -0.1) is 11.3 Å². The predicted molar refractivity (Wildman–Crippen MR) is 262 cm³/mol. The Morgan fingerprint density at radius 3 is 1.76 bits per heavy atom. The van der Waals surface area contributed by atoms with Crippen LogP contribution >= 0.6 is 11.3 Å². The van der Waals surface area contributed by atoms with E-state index in [4.69, 9.17) is 19.4 Å². The van der Waals surface area contributed by atoms with Crippen molar-refractivity contribution >= 4 is 75.3 Å². The zero-order valence-corrected chi connectivity index (χ0v) is 34.6. The van der Waals surface area contributed by atoms with Crippen LogP contribution in [0.2, 0.25) is 0 Å². The number of fused-ring (bicyclic) bond motifs is 9. The first kappa shape index (κ1) is 35.6. The maximum absolute atomic E-state index is 6.27. The summed E-state index contributed by atoms with van der Waals surface area (Å²) in [5, 5.41) is 7.18. The normalized spacial score (nSPS) is 11.8. The summed E-state index contributed by atoms with van der Waals surface area (Å²) < 4.78 is 11.3. The molecule has 5 nitrogen and oxygen atoms in total. The van der Waals surface area contributed by atoms with Crippen LogP contribution in [0.25, 0.3) is 126 Å². The van der Waals surface area contributed by atoms with Gasteiger partial charge in [-0.3, -0.25) is 0 Å². The van der Waals surface area contributed by atoms with Gasteiger partial charge in [-0.25, -0.2) is 15.0 Å². The summed E-state index contributed by atoms with van der Waals surface area (Å²) in [7, 11) is 0. The van der Waals surface area contributed by atoms with E-state index in [1.807, 2.05) is 65.9 Å². The van der Waals surface area contributed by atoms with Crippen molar-refractivity contribution in [3.05, 3.63) is 206 Å². The Morgan fingerprint density at radius 2 is 0.937 bits per heavy atom. The van der Waals surface area contributed by atoms with Crippen molar-refractivity contribution in [2.45, 2.75) is 0 Å². The topological polar surface area (TPSA) is 56.7 Å². The Bertz CT molecular complexity index is 3920. The predicted octanol–water partition coefficient (Wildman–Crippen LogP) is 15.6. The first-order valence-corrected chi connectivity index (χ1v) is 21.9. The molecule has 4 heterocycles. The SMILES string of the molecule is c1ccc(-c2nc(-c3ccc(-n4c5ccccc5c5cccc(-c6cccc(-c7cccc8c7sc7ccccc78)c6)c54)cc3)nc(-c3ccc4c(c3)oc3ccccc34)n2)cc1. The fourth-order valence-electron chi connectivity index (χ4n) is 9.32. The summed E-state index contributed by atoms with van der Waals surface area (Å²) in [6.45, 7) is 0.